The second kappa shape index (κ2) is 7.06. The number of urea groups is 1. The summed E-state index contributed by atoms with van der Waals surface area (Å²) in [7, 11) is 0. The Hall–Kier alpha value is -2.04. The summed E-state index contributed by atoms with van der Waals surface area (Å²) in [6.07, 6.45) is 4.34. The van der Waals surface area contributed by atoms with Crippen molar-refractivity contribution in [2.24, 2.45) is 23.7 Å². The maximum absolute atomic E-state index is 12.3. The Kier molecular flexibility index (Phi) is 4.64. The van der Waals surface area contributed by atoms with Crippen molar-refractivity contribution in [3.8, 4) is 0 Å². The zero-order chi connectivity index (χ0) is 17.2. The van der Waals surface area contributed by atoms with Crippen LogP contribution in [0.5, 0.6) is 0 Å². The highest BCUT2D eigenvalue weighted by Gasteiger charge is 2.43. The van der Waals surface area contributed by atoms with Crippen LogP contribution in [-0.2, 0) is 16.0 Å². The average molecular weight is 342 g/mol. The predicted octanol–water partition coefficient (Wildman–Crippen LogP) is 2.46. The van der Waals surface area contributed by atoms with Gasteiger partial charge in [-0.2, -0.15) is 0 Å². The molecule has 3 fully saturated rings. The van der Waals surface area contributed by atoms with Crippen LogP contribution in [0.4, 0.5) is 4.79 Å². The number of fused-ring (bicyclic) bond motifs is 1. The topological polar surface area (TPSA) is 58.6 Å². The first-order valence-corrected chi connectivity index (χ1v) is 9.44. The lowest BCUT2D eigenvalue weighted by molar-refractivity contribution is -0.154. The van der Waals surface area contributed by atoms with Crippen LogP contribution in [0.25, 0.3) is 0 Å². The van der Waals surface area contributed by atoms with E-state index in [1.807, 2.05) is 0 Å². The number of hydrogen-bond acceptors (Lipinski definition) is 3. The molecule has 0 aromatic heterocycles. The minimum Gasteiger partial charge on any atom is -0.465 e. The van der Waals surface area contributed by atoms with Crippen LogP contribution < -0.4 is 5.32 Å². The number of benzene rings is 1. The Labute approximate surface area is 148 Å². The van der Waals surface area contributed by atoms with Gasteiger partial charge in [0, 0.05) is 19.6 Å². The van der Waals surface area contributed by atoms with Gasteiger partial charge in [0.2, 0.25) is 0 Å². The monoisotopic (exact) mass is 342 g/mol. The number of nitrogens with one attached hydrogen (secondary N) is 1. The van der Waals surface area contributed by atoms with E-state index in [-0.39, 0.29) is 23.8 Å². The summed E-state index contributed by atoms with van der Waals surface area (Å²) >= 11 is 0. The quantitative estimate of drug-likeness (QED) is 0.836. The molecule has 1 N–H and O–H groups in total. The third kappa shape index (κ3) is 3.80. The zero-order valence-electron chi connectivity index (χ0n) is 14.5. The predicted molar refractivity (Wildman–Crippen MR) is 93.9 cm³/mol. The average Bonchev–Trinajstić information content (AvgIpc) is 3.18. The number of hydrogen-bond donors (Lipinski definition) is 1. The number of carbonyl (C=O) groups is 2. The Bertz CT molecular complexity index is 633. The molecule has 0 radical (unpaired) electrons. The standard InChI is InChI=1S/C20H26N2O3/c23-19-18-13-22(12-16(18)7-9-25-19)20(24)21-8-6-15-11-17(15)10-14-4-2-1-3-5-14/h1-5,15-18H,6-13H2,(H,21,24)/t15-,16+,17-,18-/m1/s1. The lowest BCUT2D eigenvalue weighted by Crippen LogP contribution is -2.39. The van der Waals surface area contributed by atoms with E-state index in [2.05, 4.69) is 35.6 Å². The highest BCUT2D eigenvalue weighted by Crippen LogP contribution is 2.43. The molecular formula is C20H26N2O3. The molecule has 5 nitrogen and oxygen atoms in total. The number of ether oxygens (including phenoxy) is 1. The molecule has 1 saturated carbocycles. The van der Waals surface area contributed by atoms with Gasteiger partial charge in [0.15, 0.2) is 0 Å². The minimum absolute atomic E-state index is 0.0255. The van der Waals surface area contributed by atoms with Crippen molar-refractivity contribution in [3.63, 3.8) is 0 Å². The van der Waals surface area contributed by atoms with Crippen LogP contribution in [0.2, 0.25) is 0 Å². The van der Waals surface area contributed by atoms with Crippen LogP contribution in [0.1, 0.15) is 24.8 Å². The van der Waals surface area contributed by atoms with Gasteiger partial charge in [-0.25, -0.2) is 4.79 Å². The van der Waals surface area contributed by atoms with Gasteiger partial charge in [-0.3, -0.25) is 4.79 Å². The second-order valence-electron chi connectivity index (χ2n) is 7.69. The Morgan fingerprint density at radius 1 is 1.20 bits per heavy atom. The highest BCUT2D eigenvalue weighted by atomic mass is 16.5. The SMILES string of the molecule is O=C1OCC[C@H]2CN(C(=O)NCC[C@@H]3C[C@H]3Cc3ccccc3)C[C@@H]12. The molecule has 4 atom stereocenters. The largest absolute Gasteiger partial charge is 0.465 e. The number of carbonyl (C=O) groups excluding carboxylic acids is 2. The summed E-state index contributed by atoms with van der Waals surface area (Å²) in [4.78, 5) is 25.9. The van der Waals surface area contributed by atoms with Gasteiger partial charge in [0.25, 0.3) is 0 Å². The fourth-order valence-electron chi connectivity index (χ4n) is 4.32. The van der Waals surface area contributed by atoms with Crippen molar-refractivity contribution < 1.29 is 14.3 Å². The molecular weight excluding hydrogens is 316 g/mol. The van der Waals surface area contributed by atoms with Gasteiger partial charge >= 0.3 is 12.0 Å². The van der Waals surface area contributed by atoms with Gasteiger partial charge < -0.3 is 15.0 Å². The number of likely N-dealkylation sites (tertiary alicyclic amines) is 1. The van der Waals surface area contributed by atoms with Gasteiger partial charge in [-0.1, -0.05) is 30.3 Å². The lowest BCUT2D eigenvalue weighted by atomic mass is 9.91. The van der Waals surface area contributed by atoms with Gasteiger partial charge in [-0.15, -0.1) is 0 Å². The smallest absolute Gasteiger partial charge is 0.317 e. The molecule has 0 bridgehead atoms. The molecule has 2 amide bonds. The summed E-state index contributed by atoms with van der Waals surface area (Å²) in [5.41, 5.74) is 1.41. The van der Waals surface area contributed by atoms with E-state index >= 15 is 0 Å². The summed E-state index contributed by atoms with van der Waals surface area (Å²) in [5, 5.41) is 3.04. The van der Waals surface area contributed by atoms with E-state index in [1.54, 1.807) is 4.90 Å². The molecule has 1 aromatic rings. The van der Waals surface area contributed by atoms with E-state index in [4.69, 9.17) is 4.74 Å². The van der Waals surface area contributed by atoms with Crippen molar-refractivity contribution in [1.82, 2.24) is 10.2 Å². The summed E-state index contributed by atoms with van der Waals surface area (Å²) < 4.78 is 5.10. The molecule has 4 rings (SSSR count). The number of nitrogens with zero attached hydrogens (tertiary/aromatic N) is 1. The molecule has 0 unspecified atom stereocenters. The number of cyclic esters (lactones) is 1. The first-order chi connectivity index (χ1) is 12.2. The number of rotatable bonds is 5. The molecule has 1 aromatic carbocycles. The molecule has 0 spiro atoms. The fraction of sp³-hybridized carbons (Fsp3) is 0.600. The highest BCUT2D eigenvalue weighted by molar-refractivity contribution is 5.78. The second-order valence-corrected chi connectivity index (χ2v) is 7.69. The van der Waals surface area contributed by atoms with Crippen molar-refractivity contribution in [1.29, 1.82) is 0 Å². The zero-order valence-corrected chi connectivity index (χ0v) is 14.5. The molecule has 2 saturated heterocycles. The van der Waals surface area contributed by atoms with E-state index < -0.39 is 0 Å². The van der Waals surface area contributed by atoms with Crippen molar-refractivity contribution in [2.75, 3.05) is 26.2 Å². The summed E-state index contributed by atoms with van der Waals surface area (Å²) in [6, 6.07) is 10.6. The molecule has 25 heavy (non-hydrogen) atoms. The van der Waals surface area contributed by atoms with Gasteiger partial charge in [0.05, 0.1) is 12.5 Å². The summed E-state index contributed by atoms with van der Waals surface area (Å²) in [6.45, 7) is 2.42. The number of esters is 1. The van der Waals surface area contributed by atoms with Crippen LogP contribution in [0.3, 0.4) is 0 Å². The first-order valence-electron chi connectivity index (χ1n) is 9.44. The first kappa shape index (κ1) is 16.4. The van der Waals surface area contributed by atoms with E-state index in [9.17, 15) is 9.59 Å². The Morgan fingerprint density at radius 2 is 2.04 bits per heavy atom. The van der Waals surface area contributed by atoms with Crippen molar-refractivity contribution in [3.05, 3.63) is 35.9 Å². The van der Waals surface area contributed by atoms with Gasteiger partial charge in [0.1, 0.15) is 0 Å². The molecule has 3 aliphatic rings. The molecule has 5 heteroatoms. The molecule has 1 aliphatic carbocycles. The normalized spacial score (nSPS) is 30.6. The molecule has 134 valence electrons. The van der Waals surface area contributed by atoms with Crippen molar-refractivity contribution in [2.45, 2.75) is 25.7 Å². The minimum atomic E-state index is -0.131. The molecule has 2 heterocycles. The number of amides is 2. The van der Waals surface area contributed by atoms with Crippen LogP contribution >= 0.6 is 0 Å². The van der Waals surface area contributed by atoms with E-state index in [1.165, 1.54) is 12.0 Å². The Morgan fingerprint density at radius 3 is 2.84 bits per heavy atom. The van der Waals surface area contributed by atoms with Crippen LogP contribution in [0, 0.1) is 23.7 Å². The van der Waals surface area contributed by atoms with Crippen LogP contribution in [-0.4, -0.2) is 43.1 Å². The van der Waals surface area contributed by atoms with Gasteiger partial charge in [-0.05, 0) is 49.0 Å². The maximum atomic E-state index is 12.3. The third-order valence-corrected chi connectivity index (χ3v) is 5.97. The van der Waals surface area contributed by atoms with Crippen molar-refractivity contribution >= 4 is 12.0 Å². The lowest BCUT2D eigenvalue weighted by Gasteiger charge is -2.21. The fourth-order valence-corrected chi connectivity index (χ4v) is 4.32. The van der Waals surface area contributed by atoms with E-state index in [0.717, 1.165) is 37.6 Å². The van der Waals surface area contributed by atoms with E-state index in [0.29, 0.717) is 19.7 Å². The summed E-state index contributed by atoms with van der Waals surface area (Å²) in [5.74, 6) is 1.54. The third-order valence-electron chi connectivity index (χ3n) is 5.97. The molecule has 2 aliphatic heterocycles. The Balaban J connectivity index is 1.16. The van der Waals surface area contributed by atoms with Crippen LogP contribution in [0.15, 0.2) is 30.3 Å². The maximum Gasteiger partial charge on any atom is 0.317 e.